The zero-order valence-electron chi connectivity index (χ0n) is 14.7. The van der Waals surface area contributed by atoms with Crippen molar-refractivity contribution in [3.63, 3.8) is 0 Å². The van der Waals surface area contributed by atoms with E-state index >= 15 is 0 Å². The fraction of sp³-hybridized carbons (Fsp3) is 0.222. The number of sulfonamides is 1. The molecular formula is C18H19ClN2O5S. The highest BCUT2D eigenvalue weighted by molar-refractivity contribution is 7.88. The Hall–Kier alpha value is -2.42. The highest BCUT2D eigenvalue weighted by Gasteiger charge is 2.21. The summed E-state index contributed by atoms with van der Waals surface area (Å²) in [6.45, 7) is 0. The molecule has 0 aliphatic rings. The summed E-state index contributed by atoms with van der Waals surface area (Å²) >= 11 is 5.86. The van der Waals surface area contributed by atoms with E-state index in [0.717, 1.165) is 6.26 Å². The molecule has 144 valence electrons. The first-order chi connectivity index (χ1) is 12.7. The van der Waals surface area contributed by atoms with E-state index in [0.29, 0.717) is 10.6 Å². The maximum atomic E-state index is 12.5. The first-order valence-electron chi connectivity index (χ1n) is 7.89. The van der Waals surface area contributed by atoms with E-state index in [-0.39, 0.29) is 17.7 Å². The Bertz CT molecular complexity index is 929. The number of para-hydroxylation sites is 1. The molecule has 2 N–H and O–H groups in total. The van der Waals surface area contributed by atoms with Crippen LogP contribution in [0.1, 0.15) is 28.4 Å². The molecule has 0 radical (unpaired) electrons. The van der Waals surface area contributed by atoms with Crippen molar-refractivity contribution in [3.8, 4) is 0 Å². The van der Waals surface area contributed by atoms with Gasteiger partial charge in [0.15, 0.2) is 0 Å². The largest absolute Gasteiger partial charge is 0.465 e. The van der Waals surface area contributed by atoms with Crippen LogP contribution in [-0.2, 0) is 19.6 Å². The molecule has 0 aliphatic carbocycles. The van der Waals surface area contributed by atoms with E-state index in [1.165, 1.54) is 13.2 Å². The molecule has 7 nitrogen and oxygen atoms in total. The predicted molar refractivity (Wildman–Crippen MR) is 103 cm³/mol. The molecule has 0 spiro atoms. The second-order valence-electron chi connectivity index (χ2n) is 5.78. The van der Waals surface area contributed by atoms with Gasteiger partial charge < -0.3 is 10.1 Å². The Kier molecular flexibility index (Phi) is 6.95. The molecule has 1 atom stereocenters. The zero-order chi connectivity index (χ0) is 20.0. The minimum atomic E-state index is -3.56. The Morgan fingerprint density at radius 1 is 1.11 bits per heavy atom. The van der Waals surface area contributed by atoms with Crippen LogP contribution >= 0.6 is 11.6 Å². The minimum Gasteiger partial charge on any atom is -0.465 e. The van der Waals surface area contributed by atoms with Gasteiger partial charge in [0.25, 0.3) is 0 Å². The molecule has 1 amide bonds. The van der Waals surface area contributed by atoms with Gasteiger partial charge in [0.2, 0.25) is 15.9 Å². The summed E-state index contributed by atoms with van der Waals surface area (Å²) in [6, 6.07) is 12.1. The summed E-state index contributed by atoms with van der Waals surface area (Å²) in [7, 11) is -2.32. The third kappa shape index (κ3) is 6.35. The van der Waals surface area contributed by atoms with Gasteiger partial charge in [-0.25, -0.2) is 17.9 Å². The van der Waals surface area contributed by atoms with Gasteiger partial charge in [-0.3, -0.25) is 4.79 Å². The van der Waals surface area contributed by atoms with Crippen molar-refractivity contribution in [2.45, 2.75) is 12.5 Å². The van der Waals surface area contributed by atoms with Gasteiger partial charge in [-0.05, 0) is 29.8 Å². The van der Waals surface area contributed by atoms with E-state index < -0.39 is 27.9 Å². The number of amides is 1. The number of carbonyl (C=O) groups excluding carboxylic acids is 2. The van der Waals surface area contributed by atoms with Gasteiger partial charge in [-0.2, -0.15) is 0 Å². The third-order valence-corrected chi connectivity index (χ3v) is 4.59. The minimum absolute atomic E-state index is 0.176. The molecule has 0 heterocycles. The molecule has 2 aromatic carbocycles. The summed E-state index contributed by atoms with van der Waals surface area (Å²) in [5.41, 5.74) is 1.07. The number of hydrogen-bond donors (Lipinski definition) is 2. The number of esters is 1. The SMILES string of the molecule is COC(=O)c1ccccc1NC(=O)C[C@@H](NS(C)(=O)=O)c1ccc(Cl)cc1. The lowest BCUT2D eigenvalue weighted by Gasteiger charge is -2.18. The van der Waals surface area contributed by atoms with Crippen LogP contribution in [0.4, 0.5) is 5.69 Å². The molecule has 0 saturated heterocycles. The van der Waals surface area contributed by atoms with Crippen molar-refractivity contribution in [2.75, 3.05) is 18.7 Å². The molecule has 0 fully saturated rings. The number of carbonyl (C=O) groups is 2. The Morgan fingerprint density at radius 3 is 2.33 bits per heavy atom. The Labute approximate surface area is 162 Å². The molecule has 27 heavy (non-hydrogen) atoms. The van der Waals surface area contributed by atoms with Crippen LogP contribution in [-0.4, -0.2) is 33.7 Å². The molecule has 0 aromatic heterocycles. The molecule has 0 unspecified atom stereocenters. The molecule has 0 saturated carbocycles. The van der Waals surface area contributed by atoms with Gasteiger partial charge in [-0.1, -0.05) is 35.9 Å². The van der Waals surface area contributed by atoms with Gasteiger partial charge in [0, 0.05) is 11.4 Å². The van der Waals surface area contributed by atoms with Crippen LogP contribution in [0.2, 0.25) is 5.02 Å². The lowest BCUT2D eigenvalue weighted by molar-refractivity contribution is -0.116. The lowest BCUT2D eigenvalue weighted by Crippen LogP contribution is -2.31. The first kappa shape index (κ1) is 20.9. The second-order valence-corrected chi connectivity index (χ2v) is 8.00. The van der Waals surface area contributed by atoms with Crippen molar-refractivity contribution >= 4 is 39.2 Å². The average Bonchev–Trinajstić information content (AvgIpc) is 2.60. The van der Waals surface area contributed by atoms with E-state index in [9.17, 15) is 18.0 Å². The molecule has 0 aliphatic heterocycles. The third-order valence-electron chi connectivity index (χ3n) is 3.62. The fourth-order valence-corrected chi connectivity index (χ4v) is 3.31. The van der Waals surface area contributed by atoms with E-state index in [4.69, 9.17) is 16.3 Å². The fourth-order valence-electron chi connectivity index (χ4n) is 2.45. The summed E-state index contributed by atoms with van der Waals surface area (Å²) in [6.07, 6.45) is 0.838. The van der Waals surface area contributed by atoms with Crippen LogP contribution in [0.3, 0.4) is 0 Å². The van der Waals surface area contributed by atoms with Crippen LogP contribution in [0.5, 0.6) is 0 Å². The molecular weight excluding hydrogens is 392 g/mol. The summed E-state index contributed by atoms with van der Waals surface area (Å²) < 4.78 is 30.5. The number of rotatable bonds is 7. The molecule has 2 rings (SSSR count). The molecule has 2 aromatic rings. The summed E-state index contributed by atoms with van der Waals surface area (Å²) in [5.74, 6) is -1.06. The maximum Gasteiger partial charge on any atom is 0.339 e. The van der Waals surface area contributed by atoms with E-state index in [2.05, 4.69) is 10.0 Å². The van der Waals surface area contributed by atoms with Gasteiger partial charge >= 0.3 is 5.97 Å². The zero-order valence-corrected chi connectivity index (χ0v) is 16.3. The van der Waals surface area contributed by atoms with E-state index in [1.807, 2.05) is 0 Å². The standard InChI is InChI=1S/C18H19ClN2O5S/c1-26-18(23)14-5-3-4-6-15(14)20-17(22)11-16(21-27(2,24)25)12-7-9-13(19)10-8-12/h3-10,16,21H,11H2,1-2H3,(H,20,22)/t16-/m1/s1. The average molecular weight is 411 g/mol. The van der Waals surface area contributed by atoms with Crippen molar-refractivity contribution < 1.29 is 22.7 Å². The van der Waals surface area contributed by atoms with Crippen molar-refractivity contribution in [3.05, 3.63) is 64.7 Å². The number of nitrogens with one attached hydrogen (secondary N) is 2. The quantitative estimate of drug-likeness (QED) is 0.683. The first-order valence-corrected chi connectivity index (χ1v) is 10.2. The molecule has 0 bridgehead atoms. The molecule has 9 heteroatoms. The lowest BCUT2D eigenvalue weighted by atomic mass is 10.0. The second kappa shape index (κ2) is 8.98. The summed E-state index contributed by atoms with van der Waals surface area (Å²) in [5, 5.41) is 3.12. The number of hydrogen-bond acceptors (Lipinski definition) is 5. The monoisotopic (exact) mass is 410 g/mol. The number of ether oxygens (including phenoxy) is 1. The van der Waals surface area contributed by atoms with Gasteiger partial charge in [-0.15, -0.1) is 0 Å². The maximum absolute atomic E-state index is 12.5. The predicted octanol–water partition coefficient (Wildman–Crippen LogP) is 2.75. The number of methoxy groups -OCH3 is 1. The van der Waals surface area contributed by atoms with Crippen LogP contribution in [0.25, 0.3) is 0 Å². The smallest absolute Gasteiger partial charge is 0.339 e. The number of halogens is 1. The highest BCUT2D eigenvalue weighted by Crippen LogP contribution is 2.22. The number of benzene rings is 2. The van der Waals surface area contributed by atoms with Crippen molar-refractivity contribution in [2.24, 2.45) is 0 Å². The topological polar surface area (TPSA) is 102 Å². The van der Waals surface area contributed by atoms with Gasteiger partial charge in [0.1, 0.15) is 0 Å². The van der Waals surface area contributed by atoms with Crippen LogP contribution in [0, 0.1) is 0 Å². The van der Waals surface area contributed by atoms with Crippen LogP contribution in [0.15, 0.2) is 48.5 Å². The van der Waals surface area contributed by atoms with E-state index in [1.54, 1.807) is 42.5 Å². The normalized spacial score (nSPS) is 12.3. The summed E-state index contributed by atoms with van der Waals surface area (Å²) in [4.78, 5) is 24.3. The highest BCUT2D eigenvalue weighted by atomic mass is 35.5. The van der Waals surface area contributed by atoms with Crippen molar-refractivity contribution in [1.29, 1.82) is 0 Å². The Balaban J connectivity index is 2.21. The Morgan fingerprint density at radius 2 is 1.74 bits per heavy atom. The van der Waals surface area contributed by atoms with Gasteiger partial charge in [0.05, 0.1) is 30.7 Å². The van der Waals surface area contributed by atoms with Crippen molar-refractivity contribution in [1.82, 2.24) is 4.72 Å². The number of anilines is 1. The van der Waals surface area contributed by atoms with Crippen LogP contribution < -0.4 is 10.0 Å².